The highest BCUT2D eigenvalue weighted by Gasteiger charge is 2.20. The van der Waals surface area contributed by atoms with E-state index in [4.69, 9.17) is 14.3 Å². The minimum absolute atomic E-state index is 0. The topological polar surface area (TPSA) is 66.1 Å². The van der Waals surface area contributed by atoms with Crippen molar-refractivity contribution in [2.45, 2.75) is 13.5 Å². The van der Waals surface area contributed by atoms with E-state index in [-0.39, 0.29) is 24.0 Å². The number of aromatic nitrogens is 1. The molecule has 0 aliphatic carbocycles. The maximum absolute atomic E-state index is 5.75. The maximum atomic E-state index is 5.75. The first kappa shape index (κ1) is 23.0. The fourth-order valence-electron chi connectivity index (χ4n) is 2.94. The molecule has 0 saturated carbocycles. The van der Waals surface area contributed by atoms with Gasteiger partial charge < -0.3 is 19.5 Å². The molecule has 0 radical (unpaired) electrons. The summed E-state index contributed by atoms with van der Waals surface area (Å²) in [5.74, 6) is 1.82. The molecule has 0 unspecified atom stereocenters. The summed E-state index contributed by atoms with van der Waals surface area (Å²) in [6.07, 6.45) is 1.62. The number of ether oxygens (including phenoxy) is 1. The molecule has 1 aromatic carbocycles. The van der Waals surface area contributed by atoms with E-state index in [1.807, 2.05) is 30.3 Å². The van der Waals surface area contributed by atoms with Crippen LogP contribution in [0.3, 0.4) is 0 Å². The zero-order valence-electron chi connectivity index (χ0n) is 16.0. The van der Waals surface area contributed by atoms with Crippen molar-refractivity contribution < 1.29 is 9.26 Å². The number of hydrogen-bond donors (Lipinski definition) is 1. The Hall–Kier alpha value is -1.33. The molecular formula is C19H27BrIN5O2. The SMILES string of the molecule is CCNC(=NCCOc1ccc(Br)cc1)N1CCN(Cc2ccon2)CC1.I. The van der Waals surface area contributed by atoms with Gasteiger partial charge in [-0.15, -0.1) is 24.0 Å². The summed E-state index contributed by atoms with van der Waals surface area (Å²) in [5.41, 5.74) is 0.981. The minimum atomic E-state index is 0. The summed E-state index contributed by atoms with van der Waals surface area (Å²) in [6.45, 7) is 8.80. The first-order chi connectivity index (χ1) is 13.2. The number of guanidine groups is 1. The van der Waals surface area contributed by atoms with Gasteiger partial charge in [-0.3, -0.25) is 4.90 Å². The van der Waals surface area contributed by atoms with E-state index < -0.39 is 0 Å². The van der Waals surface area contributed by atoms with Crippen LogP contribution in [-0.2, 0) is 6.54 Å². The highest BCUT2D eigenvalue weighted by Crippen LogP contribution is 2.15. The largest absolute Gasteiger partial charge is 0.492 e. The summed E-state index contributed by atoms with van der Waals surface area (Å²) in [4.78, 5) is 9.41. The van der Waals surface area contributed by atoms with Crippen molar-refractivity contribution in [2.75, 3.05) is 45.9 Å². The van der Waals surface area contributed by atoms with Crippen LogP contribution in [0.25, 0.3) is 0 Å². The lowest BCUT2D eigenvalue weighted by atomic mass is 10.3. The summed E-state index contributed by atoms with van der Waals surface area (Å²) in [5, 5.41) is 7.38. The molecule has 0 spiro atoms. The van der Waals surface area contributed by atoms with Gasteiger partial charge in [0.1, 0.15) is 18.6 Å². The molecule has 0 atom stereocenters. The van der Waals surface area contributed by atoms with E-state index in [9.17, 15) is 0 Å². The second-order valence-corrected chi connectivity index (χ2v) is 7.21. The zero-order valence-corrected chi connectivity index (χ0v) is 19.9. The molecule has 0 bridgehead atoms. The standard InChI is InChI=1S/C19H26BrN5O2.HI/c1-2-21-19(22-8-14-26-18-5-3-16(20)4-6-18)25-11-9-24(10-12-25)15-17-7-13-27-23-17;/h3-7,13H,2,8-12,14-15H2,1H3,(H,21,22);1H. The summed E-state index contributed by atoms with van der Waals surface area (Å²) >= 11 is 3.43. The average molecular weight is 564 g/mol. The highest BCUT2D eigenvalue weighted by molar-refractivity contribution is 14.0. The van der Waals surface area contributed by atoms with Gasteiger partial charge in [-0.05, 0) is 31.2 Å². The van der Waals surface area contributed by atoms with Gasteiger partial charge in [0.2, 0.25) is 0 Å². The first-order valence-electron chi connectivity index (χ1n) is 9.28. The van der Waals surface area contributed by atoms with Gasteiger partial charge in [-0.25, -0.2) is 4.99 Å². The molecule has 3 rings (SSSR count). The number of nitrogens with one attached hydrogen (secondary N) is 1. The van der Waals surface area contributed by atoms with Crippen LogP contribution in [0.5, 0.6) is 5.75 Å². The normalized spacial score (nSPS) is 15.2. The van der Waals surface area contributed by atoms with E-state index in [1.54, 1.807) is 6.26 Å². The number of nitrogens with zero attached hydrogens (tertiary/aromatic N) is 4. The Kier molecular flexibility index (Phi) is 10.1. The molecule has 154 valence electrons. The van der Waals surface area contributed by atoms with Crippen LogP contribution in [0, 0.1) is 0 Å². The number of piperazine rings is 1. The van der Waals surface area contributed by atoms with Crippen molar-refractivity contribution in [2.24, 2.45) is 4.99 Å². The van der Waals surface area contributed by atoms with Crippen LogP contribution in [0.15, 0.2) is 50.6 Å². The third kappa shape index (κ3) is 7.25. The van der Waals surface area contributed by atoms with E-state index in [0.29, 0.717) is 13.2 Å². The first-order valence-corrected chi connectivity index (χ1v) is 10.1. The van der Waals surface area contributed by atoms with Crippen molar-refractivity contribution in [1.29, 1.82) is 0 Å². The fraction of sp³-hybridized carbons (Fsp3) is 0.474. The second-order valence-electron chi connectivity index (χ2n) is 6.29. The maximum Gasteiger partial charge on any atom is 0.194 e. The van der Waals surface area contributed by atoms with Crippen LogP contribution < -0.4 is 10.1 Å². The van der Waals surface area contributed by atoms with Crippen molar-refractivity contribution >= 4 is 45.9 Å². The predicted octanol–water partition coefficient (Wildman–Crippen LogP) is 3.22. The molecule has 2 aromatic rings. The minimum Gasteiger partial charge on any atom is -0.492 e. The highest BCUT2D eigenvalue weighted by atomic mass is 127. The number of halogens is 2. The third-order valence-electron chi connectivity index (χ3n) is 4.32. The Bertz CT molecular complexity index is 704. The smallest absolute Gasteiger partial charge is 0.194 e. The van der Waals surface area contributed by atoms with Crippen LogP contribution in [0.2, 0.25) is 0 Å². The Morgan fingerprint density at radius 3 is 2.61 bits per heavy atom. The molecule has 1 aromatic heterocycles. The number of aliphatic imine (C=N–C) groups is 1. The molecule has 9 heteroatoms. The summed E-state index contributed by atoms with van der Waals surface area (Å²) in [6, 6.07) is 9.77. The molecule has 1 saturated heterocycles. The van der Waals surface area contributed by atoms with Gasteiger partial charge in [0.05, 0.1) is 12.2 Å². The molecule has 1 aliphatic heterocycles. The van der Waals surface area contributed by atoms with E-state index in [1.165, 1.54) is 0 Å². The Morgan fingerprint density at radius 1 is 1.21 bits per heavy atom. The predicted molar refractivity (Wildman–Crippen MR) is 124 cm³/mol. The van der Waals surface area contributed by atoms with Crippen LogP contribution in [-0.4, -0.2) is 66.8 Å². The number of rotatable bonds is 7. The van der Waals surface area contributed by atoms with Crippen molar-refractivity contribution in [3.8, 4) is 5.75 Å². The lowest BCUT2D eigenvalue weighted by Gasteiger charge is -2.36. The van der Waals surface area contributed by atoms with Crippen molar-refractivity contribution in [3.63, 3.8) is 0 Å². The van der Waals surface area contributed by atoms with Gasteiger partial charge in [0.25, 0.3) is 0 Å². The molecule has 28 heavy (non-hydrogen) atoms. The number of hydrogen-bond acceptors (Lipinski definition) is 5. The van der Waals surface area contributed by atoms with Gasteiger partial charge in [0.15, 0.2) is 5.96 Å². The molecule has 1 fully saturated rings. The second kappa shape index (κ2) is 12.3. The lowest BCUT2D eigenvalue weighted by Crippen LogP contribution is -2.52. The van der Waals surface area contributed by atoms with Gasteiger partial charge in [-0.2, -0.15) is 0 Å². The van der Waals surface area contributed by atoms with Gasteiger partial charge in [-0.1, -0.05) is 21.1 Å². The lowest BCUT2D eigenvalue weighted by molar-refractivity contribution is 0.169. The monoisotopic (exact) mass is 563 g/mol. The summed E-state index contributed by atoms with van der Waals surface area (Å²) in [7, 11) is 0. The third-order valence-corrected chi connectivity index (χ3v) is 4.85. The van der Waals surface area contributed by atoms with Gasteiger partial charge in [0, 0.05) is 49.8 Å². The van der Waals surface area contributed by atoms with Crippen molar-refractivity contribution in [3.05, 3.63) is 46.8 Å². The molecule has 7 nitrogen and oxygen atoms in total. The number of benzene rings is 1. The van der Waals surface area contributed by atoms with Crippen LogP contribution in [0.1, 0.15) is 12.6 Å². The summed E-state index contributed by atoms with van der Waals surface area (Å²) < 4.78 is 11.7. The Balaban J connectivity index is 0.00000280. The van der Waals surface area contributed by atoms with Crippen molar-refractivity contribution in [1.82, 2.24) is 20.3 Å². The average Bonchev–Trinajstić information content (AvgIpc) is 3.19. The molecular weight excluding hydrogens is 537 g/mol. The van der Waals surface area contributed by atoms with E-state index >= 15 is 0 Å². The molecule has 2 heterocycles. The van der Waals surface area contributed by atoms with Crippen LogP contribution >= 0.6 is 39.9 Å². The Labute approximate surface area is 191 Å². The van der Waals surface area contributed by atoms with Gasteiger partial charge >= 0.3 is 0 Å². The Morgan fingerprint density at radius 2 is 1.96 bits per heavy atom. The molecule has 1 aliphatic rings. The van der Waals surface area contributed by atoms with Crippen LogP contribution in [0.4, 0.5) is 0 Å². The zero-order chi connectivity index (χ0) is 18.9. The fourth-order valence-corrected chi connectivity index (χ4v) is 3.20. The molecule has 1 N–H and O–H groups in total. The molecule has 0 amide bonds. The van der Waals surface area contributed by atoms with E-state index in [2.05, 4.69) is 43.1 Å². The quantitative estimate of drug-likeness (QED) is 0.241. The van der Waals surface area contributed by atoms with E-state index in [0.717, 1.165) is 61.1 Å².